The number of benzene rings is 1. The van der Waals surface area contributed by atoms with Crippen LogP contribution in [-0.2, 0) is 11.2 Å². The highest BCUT2D eigenvalue weighted by atomic mass is 16.4. The van der Waals surface area contributed by atoms with Gasteiger partial charge in [0.05, 0.1) is 0 Å². The molecular formula is C21H35NO2. The van der Waals surface area contributed by atoms with E-state index in [-0.39, 0.29) is 0 Å². The summed E-state index contributed by atoms with van der Waals surface area (Å²) in [5, 5.41) is 12.0. The van der Waals surface area contributed by atoms with Gasteiger partial charge in [-0.25, -0.2) is 0 Å². The fraction of sp³-hybridized carbons (Fsp3) is 0.667. The fourth-order valence-electron chi connectivity index (χ4n) is 2.94. The molecule has 0 saturated carbocycles. The number of carboxylic acids is 1. The summed E-state index contributed by atoms with van der Waals surface area (Å²) >= 11 is 0. The van der Waals surface area contributed by atoms with E-state index in [1.807, 2.05) is 12.1 Å². The lowest BCUT2D eigenvalue weighted by Gasteiger charge is -2.12. The first-order valence-corrected chi connectivity index (χ1v) is 9.71. The minimum absolute atomic E-state index is 0.558. The van der Waals surface area contributed by atoms with Gasteiger partial charge in [0.15, 0.2) is 0 Å². The number of nitrogens with one attached hydrogen (secondary N) is 1. The zero-order chi connectivity index (χ0) is 17.6. The Kier molecular flexibility index (Phi) is 11.0. The average Bonchev–Trinajstić information content (AvgIpc) is 2.57. The first-order chi connectivity index (χ1) is 11.6. The van der Waals surface area contributed by atoms with Crippen LogP contribution in [0.4, 0.5) is 5.69 Å². The second-order valence-electron chi connectivity index (χ2n) is 6.84. The Morgan fingerprint density at radius 3 is 2.17 bits per heavy atom. The maximum atomic E-state index is 10.9. The molecule has 0 aliphatic rings. The van der Waals surface area contributed by atoms with Gasteiger partial charge in [-0.3, -0.25) is 4.79 Å². The zero-order valence-corrected chi connectivity index (χ0v) is 15.5. The van der Waals surface area contributed by atoms with Crippen LogP contribution in [0, 0.1) is 0 Å². The number of hydrogen-bond donors (Lipinski definition) is 2. The molecule has 0 saturated heterocycles. The van der Waals surface area contributed by atoms with Gasteiger partial charge in [-0.1, -0.05) is 76.8 Å². The molecule has 1 aromatic carbocycles. The van der Waals surface area contributed by atoms with Gasteiger partial charge in [-0.05, 0) is 37.5 Å². The Bertz CT molecular complexity index is 459. The largest absolute Gasteiger partial charge is 0.480 e. The van der Waals surface area contributed by atoms with Gasteiger partial charge in [-0.15, -0.1) is 0 Å². The quantitative estimate of drug-likeness (QED) is 0.408. The van der Waals surface area contributed by atoms with Crippen molar-refractivity contribution in [3.63, 3.8) is 0 Å². The van der Waals surface area contributed by atoms with Gasteiger partial charge in [0.2, 0.25) is 0 Å². The van der Waals surface area contributed by atoms with Gasteiger partial charge in [0.25, 0.3) is 0 Å². The second-order valence-corrected chi connectivity index (χ2v) is 6.84. The summed E-state index contributed by atoms with van der Waals surface area (Å²) in [6.07, 6.45) is 14.6. The highest BCUT2D eigenvalue weighted by Gasteiger charge is 2.09. The van der Waals surface area contributed by atoms with Gasteiger partial charge < -0.3 is 10.4 Å². The number of aliphatic carboxylic acids is 1. The van der Waals surface area contributed by atoms with Crippen molar-refractivity contribution in [3.8, 4) is 0 Å². The van der Waals surface area contributed by atoms with Gasteiger partial charge >= 0.3 is 5.97 Å². The third-order valence-corrected chi connectivity index (χ3v) is 4.50. The van der Waals surface area contributed by atoms with Crippen LogP contribution in [0.2, 0.25) is 0 Å². The summed E-state index contributed by atoms with van der Waals surface area (Å²) in [6, 6.07) is 7.58. The second kappa shape index (κ2) is 12.9. The van der Waals surface area contributed by atoms with Crippen molar-refractivity contribution in [1.82, 2.24) is 0 Å². The lowest BCUT2D eigenvalue weighted by molar-refractivity contribution is -0.137. The molecule has 0 aromatic heterocycles. The minimum atomic E-state index is -0.824. The van der Waals surface area contributed by atoms with E-state index in [4.69, 9.17) is 5.11 Å². The smallest absolute Gasteiger partial charge is 0.325 e. The van der Waals surface area contributed by atoms with Crippen molar-refractivity contribution >= 4 is 11.7 Å². The van der Waals surface area contributed by atoms with Crippen molar-refractivity contribution in [2.45, 2.75) is 90.5 Å². The summed E-state index contributed by atoms with van der Waals surface area (Å²) < 4.78 is 0. The molecule has 0 aliphatic carbocycles. The van der Waals surface area contributed by atoms with Crippen LogP contribution in [0.3, 0.4) is 0 Å². The number of carbonyl (C=O) groups is 1. The minimum Gasteiger partial charge on any atom is -0.480 e. The van der Waals surface area contributed by atoms with E-state index >= 15 is 0 Å². The first-order valence-electron chi connectivity index (χ1n) is 9.71. The van der Waals surface area contributed by atoms with Crippen LogP contribution in [0.1, 0.15) is 83.6 Å². The molecule has 0 bridgehead atoms. The molecule has 1 aromatic rings. The third-order valence-electron chi connectivity index (χ3n) is 4.50. The first kappa shape index (κ1) is 20.5. The van der Waals surface area contributed by atoms with Crippen molar-refractivity contribution in [2.75, 3.05) is 5.32 Å². The number of unbranched alkanes of at least 4 members (excludes halogenated alkanes) is 9. The maximum Gasteiger partial charge on any atom is 0.325 e. The molecule has 2 N–H and O–H groups in total. The van der Waals surface area contributed by atoms with Crippen LogP contribution >= 0.6 is 0 Å². The highest BCUT2D eigenvalue weighted by molar-refractivity contribution is 5.76. The number of aryl methyl sites for hydroxylation is 1. The molecule has 3 heteroatoms. The van der Waals surface area contributed by atoms with Crippen LogP contribution < -0.4 is 5.32 Å². The molecule has 0 heterocycles. The third kappa shape index (κ3) is 9.59. The number of rotatable bonds is 14. The Hall–Kier alpha value is -1.51. The van der Waals surface area contributed by atoms with Crippen LogP contribution in [-0.4, -0.2) is 17.1 Å². The van der Waals surface area contributed by atoms with Gasteiger partial charge in [0, 0.05) is 5.69 Å². The molecule has 0 fully saturated rings. The number of anilines is 1. The summed E-state index contributed by atoms with van der Waals surface area (Å²) in [4.78, 5) is 10.9. The van der Waals surface area contributed by atoms with E-state index < -0.39 is 12.0 Å². The van der Waals surface area contributed by atoms with Gasteiger partial charge in [0.1, 0.15) is 6.04 Å². The molecule has 1 rings (SSSR count). The summed E-state index contributed by atoms with van der Waals surface area (Å²) in [7, 11) is 0. The topological polar surface area (TPSA) is 49.3 Å². The SMILES string of the molecule is CCCCCCCCCCCCc1cccc(NC(C)C(=O)O)c1. The molecule has 0 amide bonds. The number of carboxylic acid groups (broad SMARTS) is 1. The Morgan fingerprint density at radius 2 is 1.58 bits per heavy atom. The predicted molar refractivity (Wildman–Crippen MR) is 103 cm³/mol. The lowest BCUT2D eigenvalue weighted by Crippen LogP contribution is -2.25. The van der Waals surface area contributed by atoms with Crippen LogP contribution in [0.25, 0.3) is 0 Å². The van der Waals surface area contributed by atoms with Crippen LogP contribution in [0.15, 0.2) is 24.3 Å². The molecule has 1 unspecified atom stereocenters. The molecule has 0 aliphatic heterocycles. The predicted octanol–water partition coefficient (Wildman–Crippen LogP) is 6.04. The van der Waals surface area contributed by atoms with E-state index in [9.17, 15) is 4.79 Å². The van der Waals surface area contributed by atoms with E-state index in [0.717, 1.165) is 12.1 Å². The van der Waals surface area contributed by atoms with E-state index in [2.05, 4.69) is 24.4 Å². The molecule has 3 nitrogen and oxygen atoms in total. The zero-order valence-electron chi connectivity index (χ0n) is 15.5. The van der Waals surface area contributed by atoms with E-state index in [1.165, 1.54) is 69.8 Å². The van der Waals surface area contributed by atoms with Crippen molar-refractivity contribution in [2.24, 2.45) is 0 Å². The molecule has 136 valence electrons. The molecule has 1 atom stereocenters. The Morgan fingerprint density at radius 1 is 1.00 bits per heavy atom. The monoisotopic (exact) mass is 333 g/mol. The highest BCUT2D eigenvalue weighted by Crippen LogP contribution is 2.16. The maximum absolute atomic E-state index is 10.9. The summed E-state index contributed by atoms with van der Waals surface area (Å²) in [5.41, 5.74) is 2.19. The fourth-order valence-corrected chi connectivity index (χ4v) is 2.94. The number of hydrogen-bond acceptors (Lipinski definition) is 2. The van der Waals surface area contributed by atoms with Crippen molar-refractivity contribution < 1.29 is 9.90 Å². The van der Waals surface area contributed by atoms with Crippen molar-refractivity contribution in [1.29, 1.82) is 0 Å². The molecule has 24 heavy (non-hydrogen) atoms. The summed E-state index contributed by atoms with van der Waals surface area (Å²) in [6.45, 7) is 3.93. The standard InChI is InChI=1S/C21H35NO2/c1-3-4-5-6-7-8-9-10-11-12-14-19-15-13-16-20(17-19)22-18(2)21(23)24/h13,15-18,22H,3-12,14H2,1-2H3,(H,23,24). The summed E-state index contributed by atoms with van der Waals surface area (Å²) in [5.74, 6) is -0.824. The Balaban J connectivity index is 2.11. The van der Waals surface area contributed by atoms with E-state index in [1.54, 1.807) is 6.92 Å². The van der Waals surface area contributed by atoms with Crippen molar-refractivity contribution in [3.05, 3.63) is 29.8 Å². The normalized spacial score (nSPS) is 12.1. The average molecular weight is 334 g/mol. The van der Waals surface area contributed by atoms with Crippen LogP contribution in [0.5, 0.6) is 0 Å². The molecule has 0 radical (unpaired) electrons. The van der Waals surface area contributed by atoms with E-state index in [0.29, 0.717) is 0 Å². The molecular weight excluding hydrogens is 298 g/mol. The molecule has 0 spiro atoms. The lowest BCUT2D eigenvalue weighted by atomic mass is 10.0. The Labute approximate surface area is 147 Å². The van der Waals surface area contributed by atoms with Gasteiger partial charge in [-0.2, -0.15) is 0 Å².